The van der Waals surface area contributed by atoms with E-state index in [-0.39, 0.29) is 12.5 Å². The smallest absolute Gasteiger partial charge is 0.227 e. The van der Waals surface area contributed by atoms with E-state index >= 15 is 0 Å². The summed E-state index contributed by atoms with van der Waals surface area (Å²) < 4.78 is 0. The minimum atomic E-state index is -0.164. The van der Waals surface area contributed by atoms with Gasteiger partial charge in [-0.05, 0) is 25.0 Å². The standard InChI is InChI=1S/C14H15NO2/c16-11-5-7-12-6-1-2-8-13(12)15-10-4-3-9-14(15)17/h1-2,6,8,16H,3-4,9-11H2. The van der Waals surface area contributed by atoms with Crippen molar-refractivity contribution in [3.63, 3.8) is 0 Å². The fourth-order valence-corrected chi connectivity index (χ4v) is 2.01. The molecule has 0 atom stereocenters. The van der Waals surface area contributed by atoms with E-state index in [9.17, 15) is 4.79 Å². The van der Waals surface area contributed by atoms with Gasteiger partial charge in [-0.15, -0.1) is 0 Å². The molecule has 17 heavy (non-hydrogen) atoms. The molecule has 1 aliphatic heterocycles. The van der Waals surface area contributed by atoms with E-state index in [1.807, 2.05) is 24.3 Å². The first kappa shape index (κ1) is 11.7. The highest BCUT2D eigenvalue weighted by atomic mass is 16.2. The molecular weight excluding hydrogens is 214 g/mol. The quantitative estimate of drug-likeness (QED) is 0.742. The molecule has 1 N–H and O–H groups in total. The van der Waals surface area contributed by atoms with E-state index in [4.69, 9.17) is 5.11 Å². The van der Waals surface area contributed by atoms with E-state index in [1.165, 1.54) is 0 Å². The van der Waals surface area contributed by atoms with Crippen LogP contribution in [-0.2, 0) is 4.79 Å². The second-order valence-corrected chi connectivity index (χ2v) is 3.98. The number of hydrogen-bond acceptors (Lipinski definition) is 2. The number of rotatable bonds is 1. The Morgan fingerprint density at radius 3 is 2.88 bits per heavy atom. The second-order valence-electron chi connectivity index (χ2n) is 3.98. The van der Waals surface area contributed by atoms with Gasteiger partial charge in [0.2, 0.25) is 5.91 Å². The summed E-state index contributed by atoms with van der Waals surface area (Å²) in [7, 11) is 0. The van der Waals surface area contributed by atoms with Crippen LogP contribution in [0.25, 0.3) is 0 Å². The Labute approximate surface area is 101 Å². The van der Waals surface area contributed by atoms with Gasteiger partial charge in [0.05, 0.1) is 5.69 Å². The van der Waals surface area contributed by atoms with Crippen molar-refractivity contribution in [3.8, 4) is 11.8 Å². The number of benzene rings is 1. The lowest BCUT2D eigenvalue weighted by atomic mass is 10.1. The molecule has 1 amide bonds. The molecule has 0 unspecified atom stereocenters. The molecule has 2 rings (SSSR count). The van der Waals surface area contributed by atoms with Crippen LogP contribution in [0.2, 0.25) is 0 Å². The Hall–Kier alpha value is -1.79. The average Bonchev–Trinajstić information content (AvgIpc) is 2.37. The van der Waals surface area contributed by atoms with Crippen molar-refractivity contribution >= 4 is 11.6 Å². The average molecular weight is 229 g/mol. The first-order chi connectivity index (χ1) is 8.33. The van der Waals surface area contributed by atoms with E-state index in [1.54, 1.807) is 4.90 Å². The molecule has 1 aromatic rings. The Balaban J connectivity index is 2.33. The van der Waals surface area contributed by atoms with Crippen LogP contribution >= 0.6 is 0 Å². The summed E-state index contributed by atoms with van der Waals surface area (Å²) in [5.74, 6) is 5.67. The first-order valence-electron chi connectivity index (χ1n) is 5.82. The predicted octanol–water partition coefficient (Wildman–Crippen LogP) is 1.55. The molecular formula is C14H15NO2. The van der Waals surface area contributed by atoms with Crippen LogP contribution in [0.1, 0.15) is 24.8 Å². The van der Waals surface area contributed by atoms with Gasteiger partial charge in [-0.3, -0.25) is 4.79 Å². The molecule has 1 aromatic carbocycles. The molecule has 0 bridgehead atoms. The Kier molecular flexibility index (Phi) is 3.79. The molecule has 1 heterocycles. The second kappa shape index (κ2) is 5.51. The molecule has 1 saturated heterocycles. The maximum absolute atomic E-state index is 11.8. The molecule has 1 aliphatic rings. The fraction of sp³-hybridized carbons (Fsp3) is 0.357. The topological polar surface area (TPSA) is 40.5 Å². The number of carbonyl (C=O) groups is 1. The van der Waals surface area contributed by atoms with Crippen LogP contribution in [0.5, 0.6) is 0 Å². The monoisotopic (exact) mass is 229 g/mol. The number of hydrogen-bond donors (Lipinski definition) is 1. The Morgan fingerprint density at radius 2 is 2.12 bits per heavy atom. The SMILES string of the molecule is O=C1CCCCN1c1ccccc1C#CCO. The lowest BCUT2D eigenvalue weighted by Gasteiger charge is -2.27. The summed E-state index contributed by atoms with van der Waals surface area (Å²) in [5, 5.41) is 8.73. The molecule has 0 aliphatic carbocycles. The molecule has 88 valence electrons. The number of amides is 1. The van der Waals surface area contributed by atoms with Crippen LogP contribution in [0.15, 0.2) is 24.3 Å². The highest BCUT2D eigenvalue weighted by Gasteiger charge is 2.20. The van der Waals surface area contributed by atoms with E-state index in [0.29, 0.717) is 6.42 Å². The number of carbonyl (C=O) groups excluding carboxylic acids is 1. The normalized spacial score (nSPS) is 15.4. The zero-order chi connectivity index (χ0) is 12.1. The molecule has 3 nitrogen and oxygen atoms in total. The van der Waals surface area contributed by atoms with Crippen LogP contribution in [0.3, 0.4) is 0 Å². The van der Waals surface area contributed by atoms with Crippen LogP contribution < -0.4 is 4.90 Å². The predicted molar refractivity (Wildman–Crippen MR) is 66.6 cm³/mol. The van der Waals surface area contributed by atoms with Gasteiger partial charge in [0, 0.05) is 18.5 Å². The number of piperidine rings is 1. The summed E-state index contributed by atoms with van der Waals surface area (Å²) in [6.45, 7) is 0.596. The van der Waals surface area contributed by atoms with Gasteiger partial charge in [0.15, 0.2) is 0 Å². The van der Waals surface area contributed by atoms with Gasteiger partial charge in [-0.2, -0.15) is 0 Å². The third kappa shape index (κ3) is 2.66. The lowest BCUT2D eigenvalue weighted by molar-refractivity contribution is -0.119. The molecule has 0 aromatic heterocycles. The number of nitrogens with zero attached hydrogens (tertiary/aromatic N) is 1. The lowest BCUT2D eigenvalue weighted by Crippen LogP contribution is -2.35. The van der Waals surface area contributed by atoms with Crippen molar-refractivity contribution in [2.45, 2.75) is 19.3 Å². The summed E-state index contributed by atoms with van der Waals surface area (Å²) >= 11 is 0. The van der Waals surface area contributed by atoms with Gasteiger partial charge < -0.3 is 10.0 Å². The van der Waals surface area contributed by atoms with Crippen molar-refractivity contribution in [1.82, 2.24) is 0 Å². The summed E-state index contributed by atoms with van der Waals surface area (Å²) in [4.78, 5) is 13.6. The zero-order valence-corrected chi connectivity index (χ0v) is 9.65. The van der Waals surface area contributed by atoms with E-state index in [0.717, 1.165) is 30.6 Å². The van der Waals surface area contributed by atoms with Gasteiger partial charge in [0.25, 0.3) is 0 Å². The van der Waals surface area contributed by atoms with Gasteiger partial charge in [-0.25, -0.2) is 0 Å². The third-order valence-corrected chi connectivity index (χ3v) is 2.82. The molecule has 0 saturated carbocycles. The van der Waals surface area contributed by atoms with Crippen molar-refractivity contribution in [2.24, 2.45) is 0 Å². The molecule has 3 heteroatoms. The Bertz CT molecular complexity index is 471. The number of para-hydroxylation sites is 1. The van der Waals surface area contributed by atoms with E-state index < -0.39 is 0 Å². The molecule has 0 spiro atoms. The maximum Gasteiger partial charge on any atom is 0.227 e. The highest BCUT2D eigenvalue weighted by molar-refractivity contribution is 5.95. The fourth-order valence-electron chi connectivity index (χ4n) is 2.01. The number of anilines is 1. The zero-order valence-electron chi connectivity index (χ0n) is 9.65. The third-order valence-electron chi connectivity index (χ3n) is 2.82. The van der Waals surface area contributed by atoms with Crippen molar-refractivity contribution in [1.29, 1.82) is 0 Å². The maximum atomic E-state index is 11.8. The Morgan fingerprint density at radius 1 is 1.29 bits per heavy atom. The molecule has 0 radical (unpaired) electrons. The van der Waals surface area contributed by atoms with Crippen LogP contribution in [0, 0.1) is 11.8 Å². The van der Waals surface area contributed by atoms with Crippen molar-refractivity contribution < 1.29 is 9.90 Å². The summed E-state index contributed by atoms with van der Waals surface area (Å²) in [5.41, 5.74) is 1.66. The van der Waals surface area contributed by atoms with Gasteiger partial charge in [-0.1, -0.05) is 24.0 Å². The van der Waals surface area contributed by atoms with Gasteiger partial charge in [0.1, 0.15) is 6.61 Å². The van der Waals surface area contributed by atoms with Crippen molar-refractivity contribution in [2.75, 3.05) is 18.1 Å². The summed E-state index contributed by atoms with van der Waals surface area (Å²) in [6, 6.07) is 7.57. The minimum absolute atomic E-state index is 0.162. The van der Waals surface area contributed by atoms with Crippen LogP contribution in [0.4, 0.5) is 5.69 Å². The highest BCUT2D eigenvalue weighted by Crippen LogP contribution is 2.24. The minimum Gasteiger partial charge on any atom is -0.384 e. The van der Waals surface area contributed by atoms with Crippen LogP contribution in [-0.4, -0.2) is 24.2 Å². The summed E-state index contributed by atoms with van der Waals surface area (Å²) in [6.07, 6.45) is 2.62. The van der Waals surface area contributed by atoms with E-state index in [2.05, 4.69) is 11.8 Å². The first-order valence-corrected chi connectivity index (χ1v) is 5.82. The number of aliphatic hydroxyl groups is 1. The molecule has 1 fully saturated rings. The van der Waals surface area contributed by atoms with Crippen molar-refractivity contribution in [3.05, 3.63) is 29.8 Å². The van der Waals surface area contributed by atoms with Gasteiger partial charge >= 0.3 is 0 Å². The number of aliphatic hydroxyl groups excluding tert-OH is 1. The largest absolute Gasteiger partial charge is 0.384 e.